The number of amides is 1. The van der Waals surface area contributed by atoms with Gasteiger partial charge in [0.1, 0.15) is 5.75 Å². The van der Waals surface area contributed by atoms with Gasteiger partial charge in [-0.1, -0.05) is 37.3 Å². The van der Waals surface area contributed by atoms with Crippen LogP contribution < -0.4 is 4.74 Å². The second-order valence-corrected chi connectivity index (χ2v) is 7.46. The van der Waals surface area contributed by atoms with Crippen LogP contribution in [0.3, 0.4) is 0 Å². The minimum atomic E-state index is -0.0166. The van der Waals surface area contributed by atoms with Crippen molar-refractivity contribution < 1.29 is 14.3 Å². The highest BCUT2D eigenvalue weighted by Gasteiger charge is 2.25. The van der Waals surface area contributed by atoms with Gasteiger partial charge >= 0.3 is 0 Å². The number of nitrogens with zero attached hydrogens (tertiary/aromatic N) is 1. The summed E-state index contributed by atoms with van der Waals surface area (Å²) in [5, 5.41) is 1.19. The van der Waals surface area contributed by atoms with Crippen LogP contribution >= 0.6 is 0 Å². The number of para-hydroxylation sites is 1. The number of benzene rings is 2. The maximum Gasteiger partial charge on any atom is 0.223 e. The molecule has 0 radical (unpaired) electrons. The molecule has 2 aromatic carbocycles. The van der Waals surface area contributed by atoms with Crippen LogP contribution in [0, 0.1) is 0 Å². The highest BCUT2D eigenvalue weighted by molar-refractivity contribution is 5.88. The fourth-order valence-electron chi connectivity index (χ4n) is 4.18. The highest BCUT2D eigenvalue weighted by Crippen LogP contribution is 2.35. The maximum atomic E-state index is 13.1. The van der Waals surface area contributed by atoms with Crippen LogP contribution in [-0.4, -0.2) is 49.2 Å². The lowest BCUT2D eigenvalue weighted by atomic mass is 9.87. The lowest BCUT2D eigenvalue weighted by Gasteiger charge is -2.28. The first-order valence-corrected chi connectivity index (χ1v) is 10.3. The van der Waals surface area contributed by atoms with Crippen molar-refractivity contribution in [3.8, 4) is 5.75 Å². The molecule has 1 aliphatic rings. The van der Waals surface area contributed by atoms with Gasteiger partial charge in [-0.3, -0.25) is 4.79 Å². The van der Waals surface area contributed by atoms with Crippen molar-refractivity contribution in [3.05, 3.63) is 65.4 Å². The Bertz CT molecular complexity index is 971. The molecule has 1 aliphatic heterocycles. The van der Waals surface area contributed by atoms with E-state index in [0.717, 1.165) is 17.7 Å². The number of hydrogen-bond acceptors (Lipinski definition) is 3. The number of aromatic amines is 1. The number of H-pyrrole nitrogens is 1. The summed E-state index contributed by atoms with van der Waals surface area (Å²) in [5.41, 5.74) is 4.75. The van der Waals surface area contributed by atoms with Gasteiger partial charge in [-0.05, 0) is 35.2 Å². The zero-order valence-electron chi connectivity index (χ0n) is 17.1. The van der Waals surface area contributed by atoms with Crippen LogP contribution in [0.4, 0.5) is 0 Å². The van der Waals surface area contributed by atoms with Gasteiger partial charge in [0.05, 0.1) is 20.3 Å². The third-order valence-electron chi connectivity index (χ3n) is 5.85. The van der Waals surface area contributed by atoms with Crippen molar-refractivity contribution in [2.45, 2.75) is 25.7 Å². The average molecular weight is 392 g/mol. The van der Waals surface area contributed by atoms with E-state index in [9.17, 15) is 4.79 Å². The molecule has 4 rings (SSSR count). The third kappa shape index (κ3) is 4.01. The van der Waals surface area contributed by atoms with E-state index in [1.54, 1.807) is 7.11 Å². The molecule has 2 heterocycles. The molecule has 0 saturated carbocycles. The topological polar surface area (TPSA) is 54.6 Å². The first-order chi connectivity index (χ1) is 14.2. The van der Waals surface area contributed by atoms with Gasteiger partial charge in [-0.15, -0.1) is 0 Å². The SMILES string of the molecule is CCc1cccc2c([C@@H](CC(=O)N3CCOCC3)c3ccc(OC)cc3)c[nH]c12. The van der Waals surface area contributed by atoms with E-state index < -0.39 is 0 Å². The highest BCUT2D eigenvalue weighted by atomic mass is 16.5. The smallest absolute Gasteiger partial charge is 0.223 e. The van der Waals surface area contributed by atoms with Crippen molar-refractivity contribution in [2.24, 2.45) is 0 Å². The van der Waals surface area contributed by atoms with Crippen molar-refractivity contribution in [3.63, 3.8) is 0 Å². The van der Waals surface area contributed by atoms with E-state index in [-0.39, 0.29) is 11.8 Å². The fourth-order valence-corrected chi connectivity index (χ4v) is 4.18. The molecule has 0 bridgehead atoms. The monoisotopic (exact) mass is 392 g/mol. The number of carbonyl (C=O) groups is 1. The van der Waals surface area contributed by atoms with Gasteiger partial charge < -0.3 is 19.4 Å². The number of methoxy groups -OCH3 is 1. The predicted octanol–water partition coefficient (Wildman–Crippen LogP) is 4.12. The maximum absolute atomic E-state index is 13.1. The lowest BCUT2D eigenvalue weighted by molar-refractivity contribution is -0.135. The Kier molecular flexibility index (Phi) is 5.86. The number of rotatable bonds is 6. The number of nitrogens with one attached hydrogen (secondary N) is 1. The number of carbonyl (C=O) groups excluding carboxylic acids is 1. The van der Waals surface area contributed by atoms with E-state index >= 15 is 0 Å². The summed E-state index contributed by atoms with van der Waals surface area (Å²) in [6.45, 7) is 4.74. The number of aromatic nitrogens is 1. The first kappa shape index (κ1) is 19.5. The Morgan fingerprint density at radius 2 is 1.93 bits per heavy atom. The van der Waals surface area contributed by atoms with Crippen molar-refractivity contribution in [1.82, 2.24) is 9.88 Å². The number of aryl methyl sites for hydroxylation is 1. The minimum Gasteiger partial charge on any atom is -0.497 e. The fraction of sp³-hybridized carbons (Fsp3) is 0.375. The number of morpholine rings is 1. The molecule has 5 heteroatoms. The Labute approximate surface area is 171 Å². The number of fused-ring (bicyclic) bond motifs is 1. The van der Waals surface area contributed by atoms with E-state index in [1.165, 1.54) is 22.0 Å². The second-order valence-electron chi connectivity index (χ2n) is 7.46. The molecule has 1 fully saturated rings. The molecule has 3 aromatic rings. The number of hydrogen-bond donors (Lipinski definition) is 1. The quantitative estimate of drug-likeness (QED) is 0.687. The molecule has 1 saturated heterocycles. The molecule has 5 nitrogen and oxygen atoms in total. The molecule has 1 aromatic heterocycles. The zero-order valence-corrected chi connectivity index (χ0v) is 17.1. The summed E-state index contributed by atoms with van der Waals surface area (Å²) in [4.78, 5) is 18.5. The molecule has 1 amide bonds. The molecular weight excluding hydrogens is 364 g/mol. The largest absolute Gasteiger partial charge is 0.497 e. The summed E-state index contributed by atoms with van der Waals surface area (Å²) < 4.78 is 10.7. The molecule has 0 aliphatic carbocycles. The van der Waals surface area contributed by atoms with Crippen LogP contribution in [0.2, 0.25) is 0 Å². The molecule has 0 spiro atoms. The van der Waals surface area contributed by atoms with Crippen molar-refractivity contribution >= 4 is 16.8 Å². The summed E-state index contributed by atoms with van der Waals surface area (Å²) in [6, 6.07) is 14.5. The Balaban J connectivity index is 1.72. The normalized spacial score (nSPS) is 15.4. The van der Waals surface area contributed by atoms with Crippen LogP contribution in [0.15, 0.2) is 48.7 Å². The standard InChI is InChI=1S/C24H28N2O3/c1-3-17-5-4-6-20-22(16-25-24(17)20)21(18-7-9-19(28-2)10-8-18)15-23(27)26-11-13-29-14-12-26/h4-10,16,21,25H,3,11-15H2,1-2H3/t21-/m0/s1. The molecule has 1 atom stereocenters. The first-order valence-electron chi connectivity index (χ1n) is 10.3. The molecule has 29 heavy (non-hydrogen) atoms. The van der Waals surface area contributed by atoms with Crippen LogP contribution in [0.5, 0.6) is 5.75 Å². The van der Waals surface area contributed by atoms with Gasteiger partial charge in [0, 0.05) is 42.5 Å². The lowest BCUT2D eigenvalue weighted by Crippen LogP contribution is -2.41. The summed E-state index contributed by atoms with van der Waals surface area (Å²) in [7, 11) is 1.67. The van der Waals surface area contributed by atoms with Crippen LogP contribution in [0.25, 0.3) is 10.9 Å². The van der Waals surface area contributed by atoms with E-state index in [0.29, 0.717) is 32.7 Å². The van der Waals surface area contributed by atoms with E-state index in [4.69, 9.17) is 9.47 Å². The second kappa shape index (κ2) is 8.70. The Morgan fingerprint density at radius 3 is 2.62 bits per heavy atom. The molecule has 0 unspecified atom stereocenters. The molecule has 1 N–H and O–H groups in total. The number of ether oxygens (including phenoxy) is 2. The van der Waals surface area contributed by atoms with Gasteiger partial charge in [-0.25, -0.2) is 0 Å². The predicted molar refractivity (Wildman–Crippen MR) is 115 cm³/mol. The van der Waals surface area contributed by atoms with Gasteiger partial charge in [0.2, 0.25) is 5.91 Å². The van der Waals surface area contributed by atoms with Gasteiger partial charge in [0.25, 0.3) is 0 Å². The summed E-state index contributed by atoms with van der Waals surface area (Å²) >= 11 is 0. The molecule has 152 valence electrons. The van der Waals surface area contributed by atoms with Crippen molar-refractivity contribution in [2.75, 3.05) is 33.4 Å². The Hall–Kier alpha value is -2.79. The summed E-state index contributed by atoms with van der Waals surface area (Å²) in [6.07, 6.45) is 3.48. The van der Waals surface area contributed by atoms with E-state index in [2.05, 4.69) is 48.4 Å². The minimum absolute atomic E-state index is 0.0166. The Morgan fingerprint density at radius 1 is 1.17 bits per heavy atom. The van der Waals surface area contributed by atoms with Gasteiger partial charge in [0.15, 0.2) is 0 Å². The van der Waals surface area contributed by atoms with Gasteiger partial charge in [-0.2, -0.15) is 0 Å². The van der Waals surface area contributed by atoms with Crippen LogP contribution in [0.1, 0.15) is 36.0 Å². The molecular formula is C24H28N2O3. The van der Waals surface area contributed by atoms with Crippen molar-refractivity contribution in [1.29, 1.82) is 0 Å². The average Bonchev–Trinajstić information content (AvgIpc) is 3.22. The summed E-state index contributed by atoms with van der Waals surface area (Å²) in [5.74, 6) is 0.978. The van der Waals surface area contributed by atoms with E-state index in [1.807, 2.05) is 17.0 Å². The zero-order chi connectivity index (χ0) is 20.2. The van der Waals surface area contributed by atoms with Crippen LogP contribution in [-0.2, 0) is 16.0 Å². The third-order valence-corrected chi connectivity index (χ3v) is 5.85.